The zero-order valence-electron chi connectivity index (χ0n) is 13.7. The number of nitrogens with two attached hydrogens (primary N) is 1. The van der Waals surface area contributed by atoms with Crippen molar-refractivity contribution < 1.29 is 4.79 Å². The molecule has 0 atom stereocenters. The van der Waals surface area contributed by atoms with Crippen molar-refractivity contribution in [2.24, 2.45) is 5.73 Å². The molecule has 0 bridgehead atoms. The van der Waals surface area contributed by atoms with Crippen LogP contribution in [0.1, 0.15) is 71.1 Å². The summed E-state index contributed by atoms with van der Waals surface area (Å²) in [6.45, 7) is 3.79. The number of hydrogen-bond acceptors (Lipinski definition) is 3. The molecule has 0 spiro atoms. The van der Waals surface area contributed by atoms with E-state index in [1.165, 1.54) is 19.3 Å². The third-order valence-corrected chi connectivity index (χ3v) is 5.09. The summed E-state index contributed by atoms with van der Waals surface area (Å²) in [6.07, 6.45) is 11.8. The molecule has 0 saturated heterocycles. The highest BCUT2D eigenvalue weighted by molar-refractivity contribution is 5.78. The van der Waals surface area contributed by atoms with E-state index < -0.39 is 0 Å². The molecule has 122 valence electrons. The van der Waals surface area contributed by atoms with Crippen molar-refractivity contribution in [2.45, 2.75) is 89.3 Å². The summed E-state index contributed by atoms with van der Waals surface area (Å²) >= 11 is 0. The Hall–Kier alpha value is -0.610. The topological polar surface area (TPSA) is 58.4 Å². The van der Waals surface area contributed by atoms with Crippen LogP contribution in [0.4, 0.5) is 0 Å². The number of rotatable bonds is 6. The lowest BCUT2D eigenvalue weighted by molar-refractivity contribution is -0.123. The summed E-state index contributed by atoms with van der Waals surface area (Å²) < 4.78 is 0. The Balaban J connectivity index is 1.79. The van der Waals surface area contributed by atoms with Crippen LogP contribution in [0.3, 0.4) is 0 Å². The third kappa shape index (κ3) is 5.59. The van der Waals surface area contributed by atoms with Crippen molar-refractivity contribution in [3.63, 3.8) is 0 Å². The van der Waals surface area contributed by atoms with Gasteiger partial charge in [0.1, 0.15) is 0 Å². The Bertz CT molecular complexity index is 307. The monoisotopic (exact) mass is 295 g/mol. The van der Waals surface area contributed by atoms with Gasteiger partial charge in [-0.25, -0.2) is 0 Å². The first-order valence-electron chi connectivity index (χ1n) is 8.98. The standard InChI is InChI=1S/C17H33N3O/c1-2-12-20(16-10-8-14(18)9-11-16)13-17(21)19-15-6-4-3-5-7-15/h14-16H,2-13,18H2,1H3,(H,19,21). The lowest BCUT2D eigenvalue weighted by atomic mass is 9.90. The number of nitrogens with zero attached hydrogens (tertiary/aromatic N) is 1. The lowest BCUT2D eigenvalue weighted by Gasteiger charge is -2.36. The molecule has 2 rings (SSSR count). The molecule has 21 heavy (non-hydrogen) atoms. The summed E-state index contributed by atoms with van der Waals surface area (Å²) in [7, 11) is 0. The van der Waals surface area contributed by atoms with Crippen LogP contribution in [0.5, 0.6) is 0 Å². The molecular formula is C17H33N3O. The minimum atomic E-state index is 0.227. The summed E-state index contributed by atoms with van der Waals surface area (Å²) in [6, 6.07) is 1.36. The largest absolute Gasteiger partial charge is 0.352 e. The van der Waals surface area contributed by atoms with Crippen LogP contribution < -0.4 is 11.1 Å². The van der Waals surface area contributed by atoms with Gasteiger partial charge in [-0.2, -0.15) is 0 Å². The molecule has 0 aromatic rings. The van der Waals surface area contributed by atoms with Crippen LogP contribution in [0.2, 0.25) is 0 Å². The zero-order valence-corrected chi connectivity index (χ0v) is 13.7. The molecule has 2 saturated carbocycles. The van der Waals surface area contributed by atoms with E-state index in [4.69, 9.17) is 5.73 Å². The van der Waals surface area contributed by atoms with Gasteiger partial charge in [0.2, 0.25) is 5.91 Å². The Morgan fingerprint density at radius 3 is 2.38 bits per heavy atom. The van der Waals surface area contributed by atoms with Crippen LogP contribution >= 0.6 is 0 Å². The van der Waals surface area contributed by atoms with Crippen molar-refractivity contribution in [1.82, 2.24) is 10.2 Å². The van der Waals surface area contributed by atoms with Gasteiger partial charge in [-0.05, 0) is 51.5 Å². The molecule has 0 heterocycles. The maximum absolute atomic E-state index is 12.3. The first kappa shape index (κ1) is 16.8. The van der Waals surface area contributed by atoms with Gasteiger partial charge in [0, 0.05) is 18.1 Å². The molecule has 3 N–H and O–H groups in total. The van der Waals surface area contributed by atoms with E-state index in [0.717, 1.165) is 51.5 Å². The third-order valence-electron chi connectivity index (χ3n) is 5.09. The fourth-order valence-corrected chi connectivity index (χ4v) is 3.85. The van der Waals surface area contributed by atoms with Gasteiger partial charge >= 0.3 is 0 Å². The summed E-state index contributed by atoms with van der Waals surface area (Å²) in [5, 5.41) is 3.25. The maximum Gasteiger partial charge on any atom is 0.234 e. The van der Waals surface area contributed by atoms with Gasteiger partial charge in [-0.15, -0.1) is 0 Å². The SMILES string of the molecule is CCCN(CC(=O)NC1CCCCC1)C1CCC(N)CC1. The molecule has 0 radical (unpaired) electrons. The number of nitrogens with one attached hydrogen (secondary N) is 1. The first-order chi connectivity index (χ1) is 10.2. The molecule has 0 aliphatic heterocycles. The normalized spacial score (nSPS) is 27.8. The highest BCUT2D eigenvalue weighted by Gasteiger charge is 2.26. The maximum atomic E-state index is 12.3. The smallest absolute Gasteiger partial charge is 0.234 e. The second-order valence-electron chi connectivity index (χ2n) is 6.94. The highest BCUT2D eigenvalue weighted by atomic mass is 16.2. The predicted molar refractivity (Wildman–Crippen MR) is 87.1 cm³/mol. The minimum absolute atomic E-state index is 0.227. The van der Waals surface area contributed by atoms with E-state index >= 15 is 0 Å². The fraction of sp³-hybridized carbons (Fsp3) is 0.941. The van der Waals surface area contributed by atoms with Gasteiger partial charge in [-0.1, -0.05) is 26.2 Å². The second kappa shape index (κ2) is 8.74. The predicted octanol–water partition coefficient (Wildman–Crippen LogP) is 2.42. The van der Waals surface area contributed by atoms with E-state index in [-0.39, 0.29) is 5.91 Å². The van der Waals surface area contributed by atoms with Crippen LogP contribution in [-0.2, 0) is 4.79 Å². The molecule has 4 heteroatoms. The number of carbonyl (C=O) groups is 1. The summed E-state index contributed by atoms with van der Waals surface area (Å²) in [4.78, 5) is 14.7. The first-order valence-corrected chi connectivity index (χ1v) is 8.98. The van der Waals surface area contributed by atoms with E-state index in [0.29, 0.717) is 24.7 Å². The molecule has 2 aliphatic carbocycles. The Morgan fingerprint density at radius 1 is 1.10 bits per heavy atom. The van der Waals surface area contributed by atoms with E-state index in [1.54, 1.807) is 0 Å². The molecule has 2 fully saturated rings. The van der Waals surface area contributed by atoms with Crippen molar-refractivity contribution in [1.29, 1.82) is 0 Å². The highest BCUT2D eigenvalue weighted by Crippen LogP contribution is 2.22. The van der Waals surface area contributed by atoms with E-state index in [1.807, 2.05) is 0 Å². The van der Waals surface area contributed by atoms with E-state index in [9.17, 15) is 4.79 Å². The summed E-state index contributed by atoms with van der Waals surface area (Å²) in [5.74, 6) is 0.227. The molecule has 1 amide bonds. The van der Waals surface area contributed by atoms with Gasteiger partial charge in [0.25, 0.3) is 0 Å². The fourth-order valence-electron chi connectivity index (χ4n) is 3.85. The van der Waals surface area contributed by atoms with E-state index in [2.05, 4.69) is 17.1 Å². The molecule has 0 unspecified atom stereocenters. The van der Waals surface area contributed by atoms with Crippen LogP contribution in [0.15, 0.2) is 0 Å². The van der Waals surface area contributed by atoms with Gasteiger partial charge in [0.15, 0.2) is 0 Å². The lowest BCUT2D eigenvalue weighted by Crippen LogP contribution is -2.48. The van der Waals surface area contributed by atoms with Crippen LogP contribution in [0, 0.1) is 0 Å². The zero-order chi connectivity index (χ0) is 15.1. The van der Waals surface area contributed by atoms with Crippen molar-refractivity contribution in [3.8, 4) is 0 Å². The average molecular weight is 295 g/mol. The Morgan fingerprint density at radius 2 is 1.76 bits per heavy atom. The molecule has 4 nitrogen and oxygen atoms in total. The molecule has 0 aromatic heterocycles. The van der Waals surface area contributed by atoms with Crippen LogP contribution in [0.25, 0.3) is 0 Å². The number of hydrogen-bond donors (Lipinski definition) is 2. The molecule has 0 aromatic carbocycles. The minimum Gasteiger partial charge on any atom is -0.352 e. The van der Waals surface area contributed by atoms with Gasteiger partial charge in [-0.3, -0.25) is 9.69 Å². The second-order valence-corrected chi connectivity index (χ2v) is 6.94. The number of amides is 1. The Kier molecular flexibility index (Phi) is 6.97. The van der Waals surface area contributed by atoms with Crippen LogP contribution in [-0.4, -0.2) is 42.0 Å². The quantitative estimate of drug-likeness (QED) is 0.791. The molecule has 2 aliphatic rings. The van der Waals surface area contributed by atoms with Gasteiger partial charge < -0.3 is 11.1 Å². The summed E-state index contributed by atoms with van der Waals surface area (Å²) in [5.41, 5.74) is 6.00. The average Bonchev–Trinajstić information content (AvgIpc) is 2.48. The van der Waals surface area contributed by atoms with Crippen molar-refractivity contribution >= 4 is 5.91 Å². The Labute approximate surface area is 129 Å². The van der Waals surface area contributed by atoms with Crippen molar-refractivity contribution in [3.05, 3.63) is 0 Å². The van der Waals surface area contributed by atoms with Crippen molar-refractivity contribution in [2.75, 3.05) is 13.1 Å². The number of carbonyl (C=O) groups excluding carboxylic acids is 1. The van der Waals surface area contributed by atoms with Gasteiger partial charge in [0.05, 0.1) is 6.54 Å². The molecular weight excluding hydrogens is 262 g/mol.